The maximum absolute atomic E-state index is 2.08. The molecule has 0 fully saturated rings. The molecular formula is C7H8FK. The molecule has 0 spiro atoms. The molecule has 0 aliphatic carbocycles. The number of benzene rings is 1. The summed E-state index contributed by atoms with van der Waals surface area (Å²) in [4.78, 5) is 0. The van der Waals surface area contributed by atoms with Crippen LogP contribution in [-0.2, 0) is 0 Å². The van der Waals surface area contributed by atoms with E-state index in [0.717, 1.165) is 0 Å². The molecule has 0 amide bonds. The van der Waals surface area contributed by atoms with Gasteiger partial charge in [0, 0.05) is 0 Å². The summed E-state index contributed by atoms with van der Waals surface area (Å²) in [7, 11) is 0. The Morgan fingerprint density at radius 1 is 1.00 bits per heavy atom. The van der Waals surface area contributed by atoms with Gasteiger partial charge < -0.3 is 4.70 Å². The van der Waals surface area contributed by atoms with Crippen molar-refractivity contribution in [3.63, 3.8) is 0 Å². The van der Waals surface area contributed by atoms with Gasteiger partial charge in [-0.15, -0.1) is 0 Å². The van der Waals surface area contributed by atoms with Crippen LogP contribution in [0.5, 0.6) is 0 Å². The van der Waals surface area contributed by atoms with E-state index in [9.17, 15) is 0 Å². The Morgan fingerprint density at radius 3 is 1.67 bits per heavy atom. The molecule has 0 aromatic heterocycles. The smallest absolute Gasteiger partial charge is 1.00 e. The normalized spacial score (nSPS) is 6.78. The van der Waals surface area contributed by atoms with Gasteiger partial charge in [0.1, 0.15) is 0 Å². The van der Waals surface area contributed by atoms with Gasteiger partial charge in [-0.05, 0) is 6.92 Å². The van der Waals surface area contributed by atoms with E-state index in [0.29, 0.717) is 0 Å². The Kier molecular flexibility index (Phi) is 9.55. The fourth-order valence-corrected chi connectivity index (χ4v) is 0.534. The van der Waals surface area contributed by atoms with Gasteiger partial charge in [0.05, 0.1) is 0 Å². The molecule has 0 nitrogen and oxygen atoms in total. The summed E-state index contributed by atoms with van der Waals surface area (Å²) >= 11 is 0. The first-order valence-corrected chi connectivity index (χ1v) is 2.41. The van der Waals surface area contributed by atoms with Crippen molar-refractivity contribution >= 4 is 0 Å². The molecule has 0 atom stereocenters. The number of aryl methyl sites for hydroxylation is 1. The summed E-state index contributed by atoms with van der Waals surface area (Å²) in [6.45, 7) is 2.08. The van der Waals surface area contributed by atoms with Gasteiger partial charge in [0.25, 0.3) is 0 Å². The van der Waals surface area contributed by atoms with Crippen molar-refractivity contribution in [2.75, 3.05) is 0 Å². The Morgan fingerprint density at radius 2 is 1.44 bits per heavy atom. The van der Waals surface area contributed by atoms with Crippen LogP contribution in [-0.4, -0.2) is 0 Å². The van der Waals surface area contributed by atoms with Crippen molar-refractivity contribution in [3.05, 3.63) is 35.9 Å². The minimum atomic E-state index is 0. The first-order valence-electron chi connectivity index (χ1n) is 2.41. The van der Waals surface area contributed by atoms with Crippen LogP contribution in [0.4, 0.5) is 0 Å². The van der Waals surface area contributed by atoms with Crippen molar-refractivity contribution in [2.45, 2.75) is 6.92 Å². The van der Waals surface area contributed by atoms with Crippen molar-refractivity contribution in [2.24, 2.45) is 0 Å². The average molecular weight is 150 g/mol. The summed E-state index contributed by atoms with van der Waals surface area (Å²) in [5.41, 5.74) is 1.32. The van der Waals surface area contributed by atoms with Crippen LogP contribution < -0.4 is 56.1 Å². The van der Waals surface area contributed by atoms with Crippen LogP contribution in [0, 0.1) is 6.92 Å². The van der Waals surface area contributed by atoms with Gasteiger partial charge in [-0.2, -0.15) is 0 Å². The second-order valence-corrected chi connectivity index (χ2v) is 1.65. The van der Waals surface area contributed by atoms with E-state index in [1.54, 1.807) is 0 Å². The molecule has 0 aliphatic heterocycles. The number of hydrogen-bond acceptors (Lipinski definition) is 0. The molecule has 0 aliphatic rings. The van der Waals surface area contributed by atoms with Gasteiger partial charge in [-0.3, -0.25) is 0 Å². The summed E-state index contributed by atoms with van der Waals surface area (Å²) in [6, 6.07) is 10.3. The molecule has 0 bridgehead atoms. The van der Waals surface area contributed by atoms with Crippen molar-refractivity contribution in [1.82, 2.24) is 0 Å². The van der Waals surface area contributed by atoms with Gasteiger partial charge in [0.2, 0.25) is 0 Å². The van der Waals surface area contributed by atoms with Crippen molar-refractivity contribution in [3.8, 4) is 0 Å². The van der Waals surface area contributed by atoms with E-state index >= 15 is 0 Å². The first-order chi connectivity index (χ1) is 3.39. The zero-order valence-electron chi connectivity index (χ0n) is 5.76. The van der Waals surface area contributed by atoms with Gasteiger partial charge in [-0.25, -0.2) is 0 Å². The zero-order chi connectivity index (χ0) is 5.11. The van der Waals surface area contributed by atoms with Crippen LogP contribution in [0.1, 0.15) is 5.56 Å². The van der Waals surface area contributed by atoms with E-state index in [4.69, 9.17) is 0 Å². The Hall–Kier alpha value is 0.786. The second-order valence-electron chi connectivity index (χ2n) is 1.65. The fraction of sp³-hybridized carbons (Fsp3) is 0.143. The maximum Gasteiger partial charge on any atom is 1.00 e. The molecule has 0 saturated heterocycles. The zero-order valence-corrected chi connectivity index (χ0v) is 8.89. The largest absolute Gasteiger partial charge is 1.00 e. The van der Waals surface area contributed by atoms with Crippen molar-refractivity contribution < 1.29 is 56.1 Å². The monoisotopic (exact) mass is 150 g/mol. The minimum Gasteiger partial charge on any atom is -1.00 e. The molecule has 1 rings (SSSR count). The minimum absolute atomic E-state index is 0. The quantitative estimate of drug-likeness (QED) is 0.331. The van der Waals surface area contributed by atoms with Crippen LogP contribution >= 0.6 is 0 Å². The predicted molar refractivity (Wildman–Crippen MR) is 31.2 cm³/mol. The molecular weight excluding hydrogens is 142 g/mol. The number of rotatable bonds is 0. The van der Waals surface area contributed by atoms with E-state index < -0.39 is 0 Å². The SMILES string of the molecule is Cc1ccccc1.[F-].[K+]. The van der Waals surface area contributed by atoms with E-state index in [1.165, 1.54) is 5.56 Å². The number of hydrogen-bond donors (Lipinski definition) is 0. The van der Waals surface area contributed by atoms with Crippen LogP contribution in [0.3, 0.4) is 0 Å². The third kappa shape index (κ3) is 5.24. The molecule has 2 heteroatoms. The summed E-state index contributed by atoms with van der Waals surface area (Å²) in [5.74, 6) is 0. The Labute approximate surface area is 97.4 Å². The van der Waals surface area contributed by atoms with E-state index in [-0.39, 0.29) is 56.1 Å². The second kappa shape index (κ2) is 6.90. The average Bonchev–Trinajstić information content (AvgIpc) is 1.69. The maximum atomic E-state index is 2.08. The third-order valence-electron chi connectivity index (χ3n) is 0.940. The van der Waals surface area contributed by atoms with Crippen LogP contribution in [0.15, 0.2) is 30.3 Å². The third-order valence-corrected chi connectivity index (χ3v) is 0.940. The summed E-state index contributed by atoms with van der Waals surface area (Å²) < 4.78 is 0. The predicted octanol–water partition coefficient (Wildman–Crippen LogP) is -4.00. The molecule has 0 saturated carbocycles. The Bertz CT molecular complexity index is 139. The molecule has 0 N–H and O–H groups in total. The fourth-order valence-electron chi connectivity index (χ4n) is 0.534. The van der Waals surface area contributed by atoms with Crippen LogP contribution in [0.25, 0.3) is 0 Å². The molecule has 1 aromatic rings. The standard InChI is InChI=1S/C7H8.FH.K/c1-7-5-3-2-4-6-7;;/h2-6H,1H3;1H;/q;;+1/p-1. The van der Waals surface area contributed by atoms with Gasteiger partial charge in [-0.1, -0.05) is 35.9 Å². The van der Waals surface area contributed by atoms with E-state index in [2.05, 4.69) is 19.1 Å². The molecule has 0 heterocycles. The van der Waals surface area contributed by atoms with Gasteiger partial charge in [0.15, 0.2) is 0 Å². The topological polar surface area (TPSA) is 0 Å². The number of halogens is 1. The molecule has 0 unspecified atom stereocenters. The molecule has 44 valence electrons. The molecule has 1 aromatic carbocycles. The van der Waals surface area contributed by atoms with Crippen LogP contribution in [0.2, 0.25) is 0 Å². The summed E-state index contributed by atoms with van der Waals surface area (Å²) in [6.07, 6.45) is 0. The first kappa shape index (κ1) is 12.5. The summed E-state index contributed by atoms with van der Waals surface area (Å²) in [5, 5.41) is 0. The molecule has 0 radical (unpaired) electrons. The molecule has 9 heavy (non-hydrogen) atoms. The van der Waals surface area contributed by atoms with Crippen molar-refractivity contribution in [1.29, 1.82) is 0 Å². The van der Waals surface area contributed by atoms with E-state index in [1.807, 2.05) is 18.2 Å². The Balaban J connectivity index is 0. The van der Waals surface area contributed by atoms with Gasteiger partial charge >= 0.3 is 51.4 Å².